The van der Waals surface area contributed by atoms with E-state index in [2.05, 4.69) is 10.2 Å². The molecule has 3 rings (SSSR count). The van der Waals surface area contributed by atoms with Gasteiger partial charge in [-0.3, -0.25) is 9.69 Å². The summed E-state index contributed by atoms with van der Waals surface area (Å²) in [7, 11) is 0. The highest BCUT2D eigenvalue weighted by Crippen LogP contribution is 2.44. The Morgan fingerprint density at radius 2 is 1.94 bits per heavy atom. The summed E-state index contributed by atoms with van der Waals surface area (Å²) in [5, 5.41) is 3.28. The number of nitrogens with one attached hydrogen (secondary N) is 1. The molecule has 0 aromatic rings. The first-order chi connectivity index (χ1) is 8.31. The monoisotopic (exact) mass is 236 g/mol. The SMILES string of the molecule is O=C(CN1CCCCC1)N[C@@H]1C[C@@H]2CC[C@H]1C2. The van der Waals surface area contributed by atoms with Crippen molar-refractivity contribution in [1.29, 1.82) is 0 Å². The molecule has 3 fully saturated rings. The number of hydrogen-bond acceptors (Lipinski definition) is 2. The smallest absolute Gasteiger partial charge is 0.234 e. The van der Waals surface area contributed by atoms with Gasteiger partial charge in [0.15, 0.2) is 0 Å². The summed E-state index contributed by atoms with van der Waals surface area (Å²) in [6, 6.07) is 0.506. The molecule has 3 heteroatoms. The molecule has 0 radical (unpaired) electrons. The fourth-order valence-corrected chi connectivity index (χ4v) is 3.99. The molecule has 1 aliphatic heterocycles. The van der Waals surface area contributed by atoms with Crippen molar-refractivity contribution < 1.29 is 4.79 Å². The predicted octanol–water partition coefficient (Wildman–Crippen LogP) is 1.78. The normalized spacial score (nSPS) is 37.3. The second kappa shape index (κ2) is 4.97. The summed E-state index contributed by atoms with van der Waals surface area (Å²) in [4.78, 5) is 14.3. The highest BCUT2D eigenvalue weighted by atomic mass is 16.2. The number of carbonyl (C=O) groups excluding carboxylic acids is 1. The van der Waals surface area contributed by atoms with E-state index in [-0.39, 0.29) is 5.91 Å². The lowest BCUT2D eigenvalue weighted by atomic mass is 9.95. The third kappa shape index (κ3) is 2.65. The van der Waals surface area contributed by atoms with E-state index in [1.165, 1.54) is 44.9 Å². The lowest BCUT2D eigenvalue weighted by molar-refractivity contribution is -0.123. The second-order valence-electron chi connectivity index (χ2n) is 6.19. The number of likely N-dealkylation sites (tertiary alicyclic amines) is 1. The van der Waals surface area contributed by atoms with Crippen molar-refractivity contribution in [2.75, 3.05) is 19.6 Å². The van der Waals surface area contributed by atoms with Crippen LogP contribution in [0.1, 0.15) is 44.9 Å². The second-order valence-corrected chi connectivity index (χ2v) is 6.19. The van der Waals surface area contributed by atoms with Gasteiger partial charge in [-0.05, 0) is 57.0 Å². The lowest BCUT2D eigenvalue weighted by Crippen LogP contribution is -2.45. The zero-order chi connectivity index (χ0) is 11.7. The van der Waals surface area contributed by atoms with Gasteiger partial charge in [-0.25, -0.2) is 0 Å². The van der Waals surface area contributed by atoms with Crippen LogP contribution in [0.2, 0.25) is 0 Å². The minimum atomic E-state index is 0.268. The average Bonchev–Trinajstić information content (AvgIpc) is 2.92. The molecule has 0 unspecified atom stereocenters. The molecule has 1 heterocycles. The molecule has 2 aliphatic carbocycles. The molecular weight excluding hydrogens is 212 g/mol. The first kappa shape index (κ1) is 11.5. The van der Waals surface area contributed by atoms with Gasteiger partial charge in [0, 0.05) is 6.04 Å². The molecule has 3 atom stereocenters. The van der Waals surface area contributed by atoms with Gasteiger partial charge in [0.2, 0.25) is 5.91 Å². The van der Waals surface area contributed by atoms with Crippen molar-refractivity contribution in [3.63, 3.8) is 0 Å². The Morgan fingerprint density at radius 3 is 2.59 bits per heavy atom. The molecule has 2 bridgehead atoms. The molecular formula is C14H24N2O. The van der Waals surface area contributed by atoms with Crippen LogP contribution in [0.5, 0.6) is 0 Å². The van der Waals surface area contributed by atoms with E-state index < -0.39 is 0 Å². The fraction of sp³-hybridized carbons (Fsp3) is 0.929. The topological polar surface area (TPSA) is 32.3 Å². The van der Waals surface area contributed by atoms with Crippen LogP contribution in [0.15, 0.2) is 0 Å². The van der Waals surface area contributed by atoms with Gasteiger partial charge < -0.3 is 5.32 Å². The van der Waals surface area contributed by atoms with Crippen molar-refractivity contribution in [3.05, 3.63) is 0 Å². The summed E-state index contributed by atoms with van der Waals surface area (Å²) < 4.78 is 0. The molecule has 1 N–H and O–H groups in total. The minimum absolute atomic E-state index is 0.268. The van der Waals surface area contributed by atoms with Gasteiger partial charge in [-0.1, -0.05) is 12.8 Å². The quantitative estimate of drug-likeness (QED) is 0.810. The molecule has 3 nitrogen and oxygen atoms in total. The van der Waals surface area contributed by atoms with Crippen molar-refractivity contribution in [2.24, 2.45) is 11.8 Å². The van der Waals surface area contributed by atoms with E-state index in [4.69, 9.17) is 0 Å². The van der Waals surface area contributed by atoms with E-state index >= 15 is 0 Å². The average molecular weight is 236 g/mol. The number of amides is 1. The molecule has 0 aromatic carbocycles. The first-order valence-electron chi connectivity index (χ1n) is 7.33. The van der Waals surface area contributed by atoms with Gasteiger partial charge in [0.1, 0.15) is 0 Å². The van der Waals surface area contributed by atoms with Crippen LogP contribution in [0, 0.1) is 11.8 Å². The molecule has 0 spiro atoms. The van der Waals surface area contributed by atoms with Crippen molar-refractivity contribution in [3.8, 4) is 0 Å². The van der Waals surface area contributed by atoms with Gasteiger partial charge in [-0.2, -0.15) is 0 Å². The molecule has 0 aromatic heterocycles. The maximum atomic E-state index is 12.0. The summed E-state index contributed by atoms with van der Waals surface area (Å²) in [5.41, 5.74) is 0. The first-order valence-corrected chi connectivity index (χ1v) is 7.33. The van der Waals surface area contributed by atoms with Crippen LogP contribution in [0.3, 0.4) is 0 Å². The van der Waals surface area contributed by atoms with Gasteiger partial charge in [0.25, 0.3) is 0 Å². The Morgan fingerprint density at radius 1 is 1.12 bits per heavy atom. The summed E-state index contributed by atoms with van der Waals surface area (Å²) in [5.74, 6) is 1.98. The van der Waals surface area contributed by atoms with Crippen molar-refractivity contribution >= 4 is 5.91 Å². The highest BCUT2D eigenvalue weighted by Gasteiger charge is 2.40. The van der Waals surface area contributed by atoms with E-state index in [1.807, 2.05) is 0 Å². The zero-order valence-corrected chi connectivity index (χ0v) is 10.7. The predicted molar refractivity (Wildman–Crippen MR) is 67.7 cm³/mol. The van der Waals surface area contributed by atoms with Crippen LogP contribution < -0.4 is 5.32 Å². The van der Waals surface area contributed by atoms with Gasteiger partial charge in [0.05, 0.1) is 6.54 Å². The van der Waals surface area contributed by atoms with E-state index in [1.54, 1.807) is 0 Å². The summed E-state index contributed by atoms with van der Waals surface area (Å²) >= 11 is 0. The maximum absolute atomic E-state index is 12.0. The Labute approximate surface area is 104 Å². The fourth-order valence-electron chi connectivity index (χ4n) is 3.99. The Bertz CT molecular complexity index is 286. The number of piperidine rings is 1. The third-order valence-electron chi connectivity index (χ3n) is 4.90. The molecule has 96 valence electrons. The van der Waals surface area contributed by atoms with Crippen LogP contribution in [-0.4, -0.2) is 36.5 Å². The number of rotatable bonds is 3. The lowest BCUT2D eigenvalue weighted by Gasteiger charge is -2.28. The van der Waals surface area contributed by atoms with Crippen LogP contribution in [0.4, 0.5) is 0 Å². The molecule has 17 heavy (non-hydrogen) atoms. The van der Waals surface area contributed by atoms with Crippen LogP contribution >= 0.6 is 0 Å². The number of fused-ring (bicyclic) bond motifs is 2. The Kier molecular flexibility index (Phi) is 3.37. The number of nitrogens with zero attached hydrogens (tertiary/aromatic N) is 1. The summed E-state index contributed by atoms with van der Waals surface area (Å²) in [6.45, 7) is 2.86. The summed E-state index contributed by atoms with van der Waals surface area (Å²) in [6.07, 6.45) is 9.24. The van der Waals surface area contributed by atoms with Crippen LogP contribution in [-0.2, 0) is 4.79 Å². The van der Waals surface area contributed by atoms with Gasteiger partial charge in [-0.15, -0.1) is 0 Å². The number of carbonyl (C=O) groups is 1. The highest BCUT2D eigenvalue weighted by molar-refractivity contribution is 5.78. The number of hydrogen-bond donors (Lipinski definition) is 1. The largest absolute Gasteiger partial charge is 0.352 e. The van der Waals surface area contributed by atoms with E-state index in [0.29, 0.717) is 12.6 Å². The molecule has 1 saturated heterocycles. The third-order valence-corrected chi connectivity index (χ3v) is 4.90. The van der Waals surface area contributed by atoms with E-state index in [9.17, 15) is 4.79 Å². The van der Waals surface area contributed by atoms with Crippen LogP contribution in [0.25, 0.3) is 0 Å². The Balaban J connectivity index is 1.44. The molecule has 3 aliphatic rings. The minimum Gasteiger partial charge on any atom is -0.352 e. The van der Waals surface area contributed by atoms with Gasteiger partial charge >= 0.3 is 0 Å². The van der Waals surface area contributed by atoms with Crippen molar-refractivity contribution in [2.45, 2.75) is 51.0 Å². The van der Waals surface area contributed by atoms with E-state index in [0.717, 1.165) is 24.9 Å². The Hall–Kier alpha value is -0.570. The maximum Gasteiger partial charge on any atom is 0.234 e. The van der Waals surface area contributed by atoms with Crippen molar-refractivity contribution in [1.82, 2.24) is 10.2 Å². The zero-order valence-electron chi connectivity index (χ0n) is 10.7. The standard InChI is InChI=1S/C14H24N2O/c17-14(10-16-6-2-1-3-7-16)15-13-9-11-4-5-12(13)8-11/h11-13H,1-10H2,(H,15,17)/t11-,12+,13-/m1/s1. The molecule has 2 saturated carbocycles. The molecule has 1 amide bonds.